The summed E-state index contributed by atoms with van der Waals surface area (Å²) in [4.78, 5) is 32.3. The molecule has 0 heterocycles. The molecule has 200 valence electrons. The Morgan fingerprint density at radius 1 is 0.559 bits per heavy atom. The normalized spacial score (nSPS) is 10.9. The summed E-state index contributed by atoms with van der Waals surface area (Å²) in [5, 5.41) is 34.0. The molecule has 0 rings (SSSR count). The zero-order valence-corrected chi connectivity index (χ0v) is 22.6. The average Bonchev–Trinajstić information content (AvgIpc) is 2.68. The molecule has 0 unspecified atom stereocenters. The maximum absolute atomic E-state index is 10.8. The molecule has 0 spiro atoms. The molecule has 0 aliphatic rings. The number of unbranched alkanes of at least 4 members (excludes halogenated alkanes) is 3. The average molecular weight is 527 g/mol. The van der Waals surface area contributed by atoms with Gasteiger partial charge >= 0.3 is 0 Å². The van der Waals surface area contributed by atoms with Crippen LogP contribution < -0.4 is 16.0 Å². The Labute approximate surface area is 215 Å². The quantitative estimate of drug-likeness (QED) is 0.0975. The first kappa shape index (κ1) is 38.8. The Balaban J connectivity index is -0.000000196. The second-order valence-corrected chi connectivity index (χ2v) is 7.29. The molecule has 10 heteroatoms. The third-order valence-electron chi connectivity index (χ3n) is 3.51. The predicted molar refractivity (Wildman–Crippen MR) is 133 cm³/mol. The minimum atomic E-state index is -0.224. The molecule has 6 N–H and O–H groups in total. The first-order valence-electron chi connectivity index (χ1n) is 11.4. The standard InChI is InChI=1S/3C8H15NO2.Fe/c3*1-3-4-5-9-8(11)6-7(2)10;/h3*6,10H,3-5H2,1-2H3,(H,9,11);. The predicted octanol–water partition coefficient (Wildman–Crippen LogP) is 4.09. The van der Waals surface area contributed by atoms with Crippen LogP contribution in [0.3, 0.4) is 0 Å². The number of rotatable bonds is 12. The van der Waals surface area contributed by atoms with Crippen LogP contribution in [0.2, 0.25) is 0 Å². The summed E-state index contributed by atoms with van der Waals surface area (Å²) < 4.78 is 0. The van der Waals surface area contributed by atoms with Crippen LogP contribution in [0, 0.1) is 0 Å². The molecule has 0 atom stereocenters. The van der Waals surface area contributed by atoms with E-state index in [0.29, 0.717) is 19.6 Å². The van der Waals surface area contributed by atoms with Crippen molar-refractivity contribution in [2.75, 3.05) is 19.6 Å². The molecule has 0 bridgehead atoms. The van der Waals surface area contributed by atoms with Crippen molar-refractivity contribution >= 4 is 17.7 Å². The maximum atomic E-state index is 10.8. The Kier molecular flexibility index (Phi) is 32.6. The molecule has 0 aliphatic heterocycles. The molecule has 0 aromatic heterocycles. The number of carbonyl (C=O) groups excluding carboxylic acids is 3. The van der Waals surface area contributed by atoms with E-state index < -0.39 is 0 Å². The SMILES string of the molecule is CCCCNC(=O)C=C(C)O.CCCCNC(=O)C=C(C)O.CCCCNC(=O)C=C(C)O.[Fe]. The van der Waals surface area contributed by atoms with E-state index in [2.05, 4.69) is 36.7 Å². The molecule has 9 nitrogen and oxygen atoms in total. The summed E-state index contributed by atoms with van der Waals surface area (Å²) in [6, 6.07) is 0. The second-order valence-electron chi connectivity index (χ2n) is 7.29. The van der Waals surface area contributed by atoms with Crippen molar-refractivity contribution in [3.63, 3.8) is 0 Å². The first-order chi connectivity index (χ1) is 15.5. The van der Waals surface area contributed by atoms with E-state index in [1.165, 1.54) is 39.0 Å². The van der Waals surface area contributed by atoms with Crippen LogP contribution >= 0.6 is 0 Å². The Morgan fingerprint density at radius 2 is 0.765 bits per heavy atom. The summed E-state index contributed by atoms with van der Waals surface area (Å²) in [5.74, 6) is -0.549. The summed E-state index contributed by atoms with van der Waals surface area (Å²) in [6.45, 7) is 12.6. The fraction of sp³-hybridized carbons (Fsp3) is 0.625. The van der Waals surface area contributed by atoms with E-state index in [1.807, 2.05) is 0 Å². The minimum Gasteiger partial charge on any atom is -0.512 e. The smallest absolute Gasteiger partial charge is 0.247 e. The van der Waals surface area contributed by atoms with E-state index in [1.54, 1.807) is 0 Å². The minimum absolute atomic E-state index is 0. The van der Waals surface area contributed by atoms with Crippen molar-refractivity contribution in [2.24, 2.45) is 0 Å². The van der Waals surface area contributed by atoms with Crippen molar-refractivity contribution < 1.29 is 46.8 Å². The number of hydrogen-bond donors (Lipinski definition) is 6. The number of hydrogen-bond acceptors (Lipinski definition) is 6. The van der Waals surface area contributed by atoms with Crippen molar-refractivity contribution in [2.45, 2.75) is 80.1 Å². The van der Waals surface area contributed by atoms with Gasteiger partial charge in [0.2, 0.25) is 17.7 Å². The molecule has 0 aromatic carbocycles. The zero-order valence-electron chi connectivity index (χ0n) is 21.5. The Morgan fingerprint density at radius 3 is 0.912 bits per heavy atom. The van der Waals surface area contributed by atoms with Crippen LogP contribution in [0.15, 0.2) is 35.5 Å². The Hall–Kier alpha value is -2.45. The van der Waals surface area contributed by atoms with E-state index >= 15 is 0 Å². The molecule has 0 radical (unpaired) electrons. The fourth-order valence-corrected chi connectivity index (χ4v) is 1.89. The molecule has 0 aliphatic carbocycles. The van der Waals surface area contributed by atoms with Gasteiger partial charge in [0, 0.05) is 54.9 Å². The summed E-state index contributed by atoms with van der Waals surface area (Å²) >= 11 is 0. The van der Waals surface area contributed by atoms with E-state index in [4.69, 9.17) is 15.3 Å². The third kappa shape index (κ3) is 40.0. The molecular weight excluding hydrogens is 482 g/mol. The topological polar surface area (TPSA) is 148 Å². The Bertz CT molecular complexity index is 537. The molecule has 0 fully saturated rings. The molecule has 0 aromatic rings. The number of aliphatic hydroxyl groups is 3. The van der Waals surface area contributed by atoms with Crippen LogP contribution in [0.4, 0.5) is 0 Å². The van der Waals surface area contributed by atoms with Gasteiger partial charge in [-0.1, -0.05) is 40.0 Å². The number of allylic oxidation sites excluding steroid dienone is 3. The summed E-state index contributed by atoms with van der Waals surface area (Å²) in [5.41, 5.74) is 0. The first-order valence-corrected chi connectivity index (χ1v) is 11.4. The van der Waals surface area contributed by atoms with Gasteiger partial charge in [-0.2, -0.15) is 0 Å². The largest absolute Gasteiger partial charge is 0.512 e. The van der Waals surface area contributed by atoms with Gasteiger partial charge in [0.15, 0.2) is 0 Å². The number of carbonyl (C=O) groups is 3. The van der Waals surface area contributed by atoms with Crippen LogP contribution in [0.25, 0.3) is 0 Å². The van der Waals surface area contributed by atoms with Crippen LogP contribution in [-0.2, 0) is 31.5 Å². The summed E-state index contributed by atoms with van der Waals surface area (Å²) in [6.07, 6.45) is 9.63. The molecule has 0 saturated carbocycles. The monoisotopic (exact) mass is 527 g/mol. The van der Waals surface area contributed by atoms with Gasteiger partial charge in [-0.15, -0.1) is 0 Å². The fourth-order valence-electron chi connectivity index (χ4n) is 1.89. The van der Waals surface area contributed by atoms with Crippen molar-refractivity contribution in [3.05, 3.63) is 35.5 Å². The number of nitrogens with one attached hydrogen (secondary N) is 3. The van der Waals surface area contributed by atoms with Crippen molar-refractivity contribution in [1.29, 1.82) is 0 Å². The van der Waals surface area contributed by atoms with Gasteiger partial charge in [-0.3, -0.25) is 14.4 Å². The summed E-state index contributed by atoms with van der Waals surface area (Å²) in [7, 11) is 0. The molecule has 0 saturated heterocycles. The number of amides is 3. The molecular formula is C24H45FeN3O6. The van der Waals surface area contributed by atoms with Gasteiger partial charge in [0.1, 0.15) is 0 Å². The maximum Gasteiger partial charge on any atom is 0.247 e. The van der Waals surface area contributed by atoms with E-state index in [9.17, 15) is 14.4 Å². The van der Waals surface area contributed by atoms with Gasteiger partial charge in [0.05, 0.1) is 17.3 Å². The van der Waals surface area contributed by atoms with E-state index in [0.717, 1.165) is 38.5 Å². The third-order valence-corrected chi connectivity index (χ3v) is 3.51. The second kappa shape index (κ2) is 28.6. The van der Waals surface area contributed by atoms with Crippen molar-refractivity contribution in [3.8, 4) is 0 Å². The number of aliphatic hydroxyl groups excluding tert-OH is 3. The van der Waals surface area contributed by atoms with Crippen LogP contribution in [0.5, 0.6) is 0 Å². The van der Waals surface area contributed by atoms with Gasteiger partial charge < -0.3 is 31.3 Å². The van der Waals surface area contributed by atoms with Crippen molar-refractivity contribution in [1.82, 2.24) is 16.0 Å². The van der Waals surface area contributed by atoms with Crippen LogP contribution in [-0.4, -0.2) is 52.7 Å². The zero-order chi connectivity index (χ0) is 26.1. The van der Waals surface area contributed by atoms with Gasteiger partial charge in [-0.25, -0.2) is 0 Å². The molecule has 34 heavy (non-hydrogen) atoms. The van der Waals surface area contributed by atoms with E-state index in [-0.39, 0.29) is 52.1 Å². The molecule has 3 amide bonds. The van der Waals surface area contributed by atoms with Crippen LogP contribution in [0.1, 0.15) is 80.1 Å². The van der Waals surface area contributed by atoms with Gasteiger partial charge in [-0.05, 0) is 40.0 Å². The van der Waals surface area contributed by atoms with Gasteiger partial charge in [0.25, 0.3) is 0 Å².